The van der Waals surface area contributed by atoms with Crippen LogP contribution in [0.5, 0.6) is 0 Å². The molecule has 26 heavy (non-hydrogen) atoms. The van der Waals surface area contributed by atoms with Gasteiger partial charge in [0, 0.05) is 23.9 Å². The zero-order chi connectivity index (χ0) is 18.7. The lowest BCUT2D eigenvalue weighted by atomic mass is 10.1. The molecule has 0 saturated heterocycles. The van der Waals surface area contributed by atoms with Crippen molar-refractivity contribution in [2.45, 2.75) is 26.9 Å². The first-order chi connectivity index (χ1) is 12.5. The van der Waals surface area contributed by atoms with Crippen LogP contribution in [0.1, 0.15) is 32.9 Å². The normalized spacial score (nSPS) is 10.8. The average Bonchev–Trinajstić information content (AvgIpc) is 2.87. The lowest BCUT2D eigenvalue weighted by molar-refractivity contribution is 0.0946. The maximum absolute atomic E-state index is 13.7. The number of hydrogen-bond acceptors (Lipinski definition) is 2. The number of carbonyl (C=O) groups is 1. The highest BCUT2D eigenvalue weighted by atomic mass is 19.1. The number of amides is 1. The van der Waals surface area contributed by atoms with Crippen LogP contribution in [0, 0.1) is 25.5 Å². The molecule has 1 amide bonds. The number of aromatic nitrogens is 2. The van der Waals surface area contributed by atoms with E-state index < -0.39 is 17.5 Å². The van der Waals surface area contributed by atoms with Crippen molar-refractivity contribution in [1.29, 1.82) is 0 Å². The Bertz CT molecular complexity index is 936. The third kappa shape index (κ3) is 3.79. The second-order valence-electron chi connectivity index (χ2n) is 6.10. The second kappa shape index (κ2) is 7.47. The van der Waals surface area contributed by atoms with Gasteiger partial charge in [-0.2, -0.15) is 5.10 Å². The minimum atomic E-state index is -0.879. The molecule has 6 heteroatoms. The molecule has 4 nitrogen and oxygen atoms in total. The third-order valence-corrected chi connectivity index (χ3v) is 4.31. The number of aryl methyl sites for hydroxylation is 1. The first-order valence-electron chi connectivity index (χ1n) is 8.25. The molecule has 134 valence electrons. The summed E-state index contributed by atoms with van der Waals surface area (Å²) in [4.78, 5) is 12.2. The summed E-state index contributed by atoms with van der Waals surface area (Å²) < 4.78 is 28.6. The number of nitrogens with one attached hydrogen (secondary N) is 1. The molecule has 2 aromatic carbocycles. The Hall–Kier alpha value is -3.02. The summed E-state index contributed by atoms with van der Waals surface area (Å²) in [5.41, 5.74) is 3.57. The minimum Gasteiger partial charge on any atom is -0.348 e. The zero-order valence-corrected chi connectivity index (χ0v) is 14.6. The largest absolute Gasteiger partial charge is 0.348 e. The van der Waals surface area contributed by atoms with E-state index in [1.54, 1.807) is 0 Å². The van der Waals surface area contributed by atoms with Gasteiger partial charge in [0.05, 0.1) is 17.8 Å². The monoisotopic (exact) mass is 355 g/mol. The first-order valence-corrected chi connectivity index (χ1v) is 8.25. The van der Waals surface area contributed by atoms with Gasteiger partial charge in [0.25, 0.3) is 5.91 Å². The summed E-state index contributed by atoms with van der Waals surface area (Å²) >= 11 is 0. The number of benzene rings is 2. The van der Waals surface area contributed by atoms with Crippen LogP contribution >= 0.6 is 0 Å². The predicted molar refractivity (Wildman–Crippen MR) is 94.8 cm³/mol. The highest BCUT2D eigenvalue weighted by Crippen LogP contribution is 2.15. The fourth-order valence-electron chi connectivity index (χ4n) is 2.84. The van der Waals surface area contributed by atoms with E-state index in [0.29, 0.717) is 12.6 Å². The molecule has 0 fully saturated rings. The van der Waals surface area contributed by atoms with E-state index in [0.717, 1.165) is 34.6 Å². The lowest BCUT2D eigenvalue weighted by Crippen LogP contribution is -2.24. The van der Waals surface area contributed by atoms with Crippen molar-refractivity contribution in [3.05, 3.63) is 88.2 Å². The molecule has 1 N–H and O–H groups in total. The molecule has 0 saturated carbocycles. The summed E-state index contributed by atoms with van der Waals surface area (Å²) in [7, 11) is 0. The van der Waals surface area contributed by atoms with Crippen molar-refractivity contribution in [3.63, 3.8) is 0 Å². The van der Waals surface area contributed by atoms with Crippen LogP contribution < -0.4 is 5.32 Å². The Kier molecular flexibility index (Phi) is 5.11. The summed E-state index contributed by atoms with van der Waals surface area (Å²) in [6.07, 6.45) is 0. The number of nitrogens with zero attached hydrogens (tertiary/aromatic N) is 2. The number of hydrogen-bond donors (Lipinski definition) is 1. The smallest absolute Gasteiger partial charge is 0.254 e. The number of halogens is 2. The van der Waals surface area contributed by atoms with E-state index >= 15 is 0 Å². The van der Waals surface area contributed by atoms with Crippen LogP contribution in [0.4, 0.5) is 8.78 Å². The number of rotatable bonds is 5. The maximum atomic E-state index is 13.7. The van der Waals surface area contributed by atoms with Gasteiger partial charge in [-0.15, -0.1) is 0 Å². The second-order valence-corrected chi connectivity index (χ2v) is 6.10. The highest BCUT2D eigenvalue weighted by molar-refractivity contribution is 5.94. The fraction of sp³-hybridized carbons (Fsp3) is 0.200. The van der Waals surface area contributed by atoms with E-state index in [1.165, 1.54) is 0 Å². The lowest BCUT2D eigenvalue weighted by Gasteiger charge is -2.08. The molecule has 0 spiro atoms. The molecule has 1 aromatic heterocycles. The van der Waals surface area contributed by atoms with Crippen LogP contribution in [0.15, 0.2) is 48.5 Å². The Balaban J connectivity index is 1.73. The molecule has 0 aliphatic rings. The average molecular weight is 355 g/mol. The molecule has 0 bridgehead atoms. The standard InChI is InChI=1S/C20H19F2N3O/c1-13-18(11-23-20(26)17-9-8-16(21)10-19(17)22)14(2)25(24-13)12-15-6-4-3-5-7-15/h3-10H,11-12H2,1-2H3,(H,23,26). The summed E-state index contributed by atoms with van der Waals surface area (Å²) in [6, 6.07) is 12.8. The first kappa shape index (κ1) is 17.8. The van der Waals surface area contributed by atoms with Gasteiger partial charge in [0.1, 0.15) is 11.6 Å². The summed E-state index contributed by atoms with van der Waals surface area (Å²) in [5, 5.41) is 7.21. The molecule has 0 aliphatic heterocycles. The molecular weight excluding hydrogens is 336 g/mol. The van der Waals surface area contributed by atoms with Gasteiger partial charge < -0.3 is 5.32 Å². The van der Waals surface area contributed by atoms with Crippen LogP contribution in [0.3, 0.4) is 0 Å². The molecule has 3 aromatic rings. The van der Waals surface area contributed by atoms with Crippen molar-refractivity contribution in [1.82, 2.24) is 15.1 Å². The molecule has 0 radical (unpaired) electrons. The zero-order valence-electron chi connectivity index (χ0n) is 14.6. The fourth-order valence-corrected chi connectivity index (χ4v) is 2.84. The Morgan fingerprint density at radius 3 is 2.54 bits per heavy atom. The Morgan fingerprint density at radius 1 is 1.12 bits per heavy atom. The molecule has 3 rings (SSSR count). The van der Waals surface area contributed by atoms with Gasteiger partial charge in [-0.05, 0) is 31.5 Å². The number of carbonyl (C=O) groups excluding carboxylic acids is 1. The van der Waals surface area contributed by atoms with Crippen molar-refractivity contribution >= 4 is 5.91 Å². The third-order valence-electron chi connectivity index (χ3n) is 4.31. The van der Waals surface area contributed by atoms with Crippen LogP contribution in [-0.2, 0) is 13.1 Å². The van der Waals surface area contributed by atoms with Gasteiger partial charge in [0.2, 0.25) is 0 Å². The summed E-state index contributed by atoms with van der Waals surface area (Å²) in [5.74, 6) is -2.18. The maximum Gasteiger partial charge on any atom is 0.254 e. The molecule has 0 unspecified atom stereocenters. The van der Waals surface area contributed by atoms with E-state index in [-0.39, 0.29) is 12.1 Å². The van der Waals surface area contributed by atoms with Gasteiger partial charge in [0.15, 0.2) is 0 Å². The van der Waals surface area contributed by atoms with Gasteiger partial charge in [-0.3, -0.25) is 9.48 Å². The summed E-state index contributed by atoms with van der Waals surface area (Å²) in [6.45, 7) is 4.66. The van der Waals surface area contributed by atoms with Crippen molar-refractivity contribution in [2.24, 2.45) is 0 Å². The van der Waals surface area contributed by atoms with E-state index in [4.69, 9.17) is 0 Å². The van der Waals surface area contributed by atoms with Crippen molar-refractivity contribution in [2.75, 3.05) is 0 Å². The Labute approximate surface area is 150 Å². The van der Waals surface area contributed by atoms with Crippen LogP contribution in [0.2, 0.25) is 0 Å². The van der Waals surface area contributed by atoms with Gasteiger partial charge in [-0.1, -0.05) is 30.3 Å². The van der Waals surface area contributed by atoms with Gasteiger partial charge in [-0.25, -0.2) is 8.78 Å². The van der Waals surface area contributed by atoms with E-state index in [9.17, 15) is 13.6 Å². The Morgan fingerprint density at radius 2 is 1.85 bits per heavy atom. The SMILES string of the molecule is Cc1nn(Cc2ccccc2)c(C)c1CNC(=O)c1ccc(F)cc1F. The van der Waals surface area contributed by atoms with Crippen LogP contribution in [0.25, 0.3) is 0 Å². The molecule has 0 atom stereocenters. The minimum absolute atomic E-state index is 0.182. The van der Waals surface area contributed by atoms with Crippen LogP contribution in [-0.4, -0.2) is 15.7 Å². The topological polar surface area (TPSA) is 46.9 Å². The predicted octanol–water partition coefficient (Wildman–Crippen LogP) is 3.76. The molecule has 1 heterocycles. The van der Waals surface area contributed by atoms with E-state index in [1.807, 2.05) is 48.9 Å². The quantitative estimate of drug-likeness (QED) is 0.758. The van der Waals surface area contributed by atoms with Crippen molar-refractivity contribution < 1.29 is 13.6 Å². The van der Waals surface area contributed by atoms with Gasteiger partial charge >= 0.3 is 0 Å². The van der Waals surface area contributed by atoms with Crippen molar-refractivity contribution in [3.8, 4) is 0 Å². The highest BCUT2D eigenvalue weighted by Gasteiger charge is 2.16. The van der Waals surface area contributed by atoms with E-state index in [2.05, 4.69) is 10.4 Å². The molecule has 0 aliphatic carbocycles. The molecular formula is C20H19F2N3O.